The molecule has 3 rings (SSSR count). The Bertz CT molecular complexity index is 374. The van der Waals surface area contributed by atoms with E-state index in [0.717, 1.165) is 35.5 Å². The summed E-state index contributed by atoms with van der Waals surface area (Å²) in [5.74, 6) is 5.55. The molecule has 3 aliphatic carbocycles. The van der Waals surface area contributed by atoms with Crippen molar-refractivity contribution in [2.24, 2.45) is 35.5 Å². The van der Waals surface area contributed by atoms with Crippen molar-refractivity contribution in [3.05, 3.63) is 0 Å². The second-order valence-electron chi connectivity index (χ2n) is 10.0. The van der Waals surface area contributed by atoms with E-state index < -0.39 is 0 Å². The van der Waals surface area contributed by atoms with Gasteiger partial charge in [-0.3, -0.25) is 0 Å². The van der Waals surface area contributed by atoms with Crippen LogP contribution in [0.3, 0.4) is 0 Å². The number of hydrogen-bond acceptors (Lipinski definition) is 3. The van der Waals surface area contributed by atoms with Crippen LogP contribution >= 0.6 is 37.9 Å². The molecule has 0 radical (unpaired) electrons. The van der Waals surface area contributed by atoms with Crippen molar-refractivity contribution in [1.82, 2.24) is 0 Å². The molecule has 0 aromatic carbocycles. The quantitative estimate of drug-likeness (QED) is 0.385. The van der Waals surface area contributed by atoms with E-state index in [4.69, 9.17) is 37.9 Å². The first-order chi connectivity index (χ1) is 12.5. The van der Waals surface area contributed by atoms with E-state index in [1.54, 1.807) is 0 Å². The van der Waals surface area contributed by atoms with Crippen molar-refractivity contribution in [1.29, 1.82) is 0 Å². The summed E-state index contributed by atoms with van der Waals surface area (Å²) in [7, 11) is 0. The summed E-state index contributed by atoms with van der Waals surface area (Å²) in [4.78, 5) is 0. The van der Waals surface area contributed by atoms with Crippen LogP contribution in [0.25, 0.3) is 0 Å². The lowest BCUT2D eigenvalue weighted by Gasteiger charge is -2.46. The van der Waals surface area contributed by atoms with E-state index in [-0.39, 0.29) is 0 Å². The lowest BCUT2D eigenvalue weighted by atomic mass is 9.60. The van der Waals surface area contributed by atoms with Gasteiger partial charge in [-0.2, -0.15) is 37.9 Å². The predicted molar refractivity (Wildman–Crippen MR) is 126 cm³/mol. The first-order valence-corrected chi connectivity index (χ1v) is 13.0. The fourth-order valence-corrected chi connectivity index (χ4v) is 7.60. The van der Waals surface area contributed by atoms with Crippen molar-refractivity contribution in [3.63, 3.8) is 0 Å². The third-order valence-corrected chi connectivity index (χ3v) is 10.0. The first kappa shape index (κ1) is 21.8. The van der Waals surface area contributed by atoms with Crippen LogP contribution in [-0.2, 0) is 0 Å². The summed E-state index contributed by atoms with van der Waals surface area (Å²) < 4.78 is 0. The van der Waals surface area contributed by atoms with Gasteiger partial charge in [0.15, 0.2) is 0 Å². The molecule has 0 aromatic rings. The zero-order valence-corrected chi connectivity index (χ0v) is 19.7. The molecule has 0 spiro atoms. The normalized spacial score (nSPS) is 42.8. The molecule has 0 bridgehead atoms. The van der Waals surface area contributed by atoms with E-state index in [2.05, 4.69) is 13.8 Å². The van der Waals surface area contributed by atoms with Crippen molar-refractivity contribution in [2.75, 3.05) is 0 Å². The molecule has 3 fully saturated rings. The Kier molecular flexibility index (Phi) is 8.53. The average molecular weight is 415 g/mol. The number of thiol groups is 3. The van der Waals surface area contributed by atoms with Crippen LogP contribution in [0.15, 0.2) is 0 Å². The number of rotatable bonds is 5. The number of hydrogen-bond donors (Lipinski definition) is 3. The fraction of sp³-hybridized carbons (Fsp3) is 1.00. The van der Waals surface area contributed by atoms with E-state index >= 15 is 0 Å². The van der Waals surface area contributed by atoms with Crippen LogP contribution in [0, 0.1) is 35.5 Å². The molecule has 0 nitrogen and oxygen atoms in total. The molecule has 3 aliphatic rings. The Morgan fingerprint density at radius 3 is 1.04 bits per heavy atom. The Balaban J connectivity index is 1.70. The first-order valence-electron chi connectivity index (χ1n) is 11.5. The van der Waals surface area contributed by atoms with Crippen molar-refractivity contribution in [2.45, 2.75) is 107 Å². The van der Waals surface area contributed by atoms with Gasteiger partial charge in [-0.25, -0.2) is 0 Å². The van der Waals surface area contributed by atoms with Crippen LogP contribution in [-0.4, -0.2) is 15.7 Å². The molecule has 0 aliphatic heterocycles. The van der Waals surface area contributed by atoms with Crippen LogP contribution < -0.4 is 0 Å². The Labute approximate surface area is 179 Å². The average Bonchev–Trinajstić information content (AvgIpc) is 2.64. The van der Waals surface area contributed by atoms with Crippen LogP contribution in [0.1, 0.15) is 90.9 Å². The third-order valence-electron chi connectivity index (χ3n) is 8.47. The van der Waals surface area contributed by atoms with Gasteiger partial charge in [0, 0.05) is 15.7 Å². The van der Waals surface area contributed by atoms with Crippen LogP contribution in [0.5, 0.6) is 0 Å². The third kappa shape index (κ3) is 5.56. The molecule has 0 aromatic heterocycles. The Morgan fingerprint density at radius 2 is 0.731 bits per heavy atom. The molecule has 2 atom stereocenters. The summed E-state index contributed by atoms with van der Waals surface area (Å²) in [6, 6.07) is 0. The highest BCUT2D eigenvalue weighted by atomic mass is 32.1. The largest absolute Gasteiger partial charge is 0.176 e. The highest BCUT2D eigenvalue weighted by Gasteiger charge is 2.40. The van der Waals surface area contributed by atoms with E-state index in [0.29, 0.717) is 15.7 Å². The van der Waals surface area contributed by atoms with Gasteiger partial charge in [-0.1, -0.05) is 13.8 Å². The maximum Gasteiger partial charge on any atom is 0.00170 e. The summed E-state index contributed by atoms with van der Waals surface area (Å²) in [5.41, 5.74) is 0. The molecule has 0 N–H and O–H groups in total. The van der Waals surface area contributed by atoms with Gasteiger partial charge >= 0.3 is 0 Å². The summed E-state index contributed by atoms with van der Waals surface area (Å²) in [6.45, 7) is 5.25. The maximum absolute atomic E-state index is 4.78. The van der Waals surface area contributed by atoms with Gasteiger partial charge in [0.2, 0.25) is 0 Å². The summed E-state index contributed by atoms with van der Waals surface area (Å²) in [6.07, 6.45) is 16.6. The lowest BCUT2D eigenvalue weighted by molar-refractivity contribution is 0.0438. The predicted octanol–water partition coefficient (Wildman–Crippen LogP) is 7.34. The SMILES string of the molecule is CC(C1CCC(S)CC1)C(C1CCC(S)CC1)C(C)C1CCC(S)CC1. The lowest BCUT2D eigenvalue weighted by Crippen LogP contribution is -2.39. The van der Waals surface area contributed by atoms with Crippen molar-refractivity contribution in [3.8, 4) is 0 Å². The molecule has 0 saturated heterocycles. The van der Waals surface area contributed by atoms with Gasteiger partial charge in [0.05, 0.1) is 0 Å². The molecule has 3 heteroatoms. The summed E-state index contributed by atoms with van der Waals surface area (Å²) >= 11 is 14.3. The standard InChI is InChI=1S/C23H42S3/c1-15(17-3-9-20(24)10-4-17)23(19-7-13-22(26)14-8-19)16(2)18-5-11-21(25)12-6-18/h15-26H,3-14H2,1-2H3. The minimum absolute atomic E-state index is 0.664. The molecule has 2 unspecified atom stereocenters. The van der Waals surface area contributed by atoms with E-state index in [9.17, 15) is 0 Å². The topological polar surface area (TPSA) is 0 Å². The zero-order chi connectivity index (χ0) is 18.7. The van der Waals surface area contributed by atoms with Crippen LogP contribution in [0.2, 0.25) is 0 Å². The molecule has 0 amide bonds. The molecular formula is C23H42S3. The Hall–Kier alpha value is 1.05. The summed E-state index contributed by atoms with van der Waals surface area (Å²) in [5, 5.41) is 2.00. The molecule has 152 valence electrons. The van der Waals surface area contributed by atoms with E-state index in [1.807, 2.05) is 0 Å². The minimum Gasteiger partial charge on any atom is -0.176 e. The van der Waals surface area contributed by atoms with Gasteiger partial charge < -0.3 is 0 Å². The van der Waals surface area contributed by atoms with Gasteiger partial charge in [0.25, 0.3) is 0 Å². The van der Waals surface area contributed by atoms with Gasteiger partial charge in [-0.05, 0) is 113 Å². The maximum atomic E-state index is 4.78. The van der Waals surface area contributed by atoms with Crippen molar-refractivity contribution < 1.29 is 0 Å². The monoisotopic (exact) mass is 414 g/mol. The smallest absolute Gasteiger partial charge is 0.00170 e. The second kappa shape index (κ2) is 10.2. The highest BCUT2D eigenvalue weighted by Crippen LogP contribution is 2.49. The molecular weight excluding hydrogens is 372 g/mol. The molecule has 3 saturated carbocycles. The van der Waals surface area contributed by atoms with Gasteiger partial charge in [0.1, 0.15) is 0 Å². The molecule has 0 heterocycles. The Morgan fingerprint density at radius 1 is 0.462 bits per heavy atom. The fourth-order valence-electron chi connectivity index (χ4n) is 6.71. The highest BCUT2D eigenvalue weighted by molar-refractivity contribution is 7.81. The molecule has 26 heavy (non-hydrogen) atoms. The van der Waals surface area contributed by atoms with Crippen LogP contribution in [0.4, 0.5) is 0 Å². The van der Waals surface area contributed by atoms with E-state index in [1.165, 1.54) is 77.0 Å². The minimum atomic E-state index is 0.664. The zero-order valence-electron chi connectivity index (χ0n) is 17.0. The van der Waals surface area contributed by atoms with Gasteiger partial charge in [-0.15, -0.1) is 0 Å². The van der Waals surface area contributed by atoms with Crippen molar-refractivity contribution >= 4 is 37.9 Å². The second-order valence-corrected chi connectivity index (χ2v) is 12.2.